The lowest BCUT2D eigenvalue weighted by Crippen LogP contribution is -2.53. The number of ketones is 1. The predicted octanol–water partition coefficient (Wildman–Crippen LogP) is 4.07. The van der Waals surface area contributed by atoms with Crippen molar-refractivity contribution in [3.8, 4) is 5.75 Å². The summed E-state index contributed by atoms with van der Waals surface area (Å²) in [6.45, 7) is 9.52. The van der Waals surface area contributed by atoms with E-state index in [0.29, 0.717) is 19.5 Å². The normalized spacial score (nSPS) is 19.1. The molecular formula is C21H29NO3. The molecule has 25 heavy (non-hydrogen) atoms. The fraction of sp³-hybridized carbons (Fsp3) is 0.619. The van der Waals surface area contributed by atoms with E-state index in [-0.39, 0.29) is 17.6 Å². The summed E-state index contributed by atoms with van der Waals surface area (Å²) >= 11 is 0. The van der Waals surface area contributed by atoms with E-state index in [9.17, 15) is 9.59 Å². The molecule has 0 radical (unpaired) electrons. The number of hydrogen-bond acceptors (Lipinski definition) is 3. The maximum absolute atomic E-state index is 12.7. The van der Waals surface area contributed by atoms with Gasteiger partial charge in [-0.05, 0) is 43.9 Å². The Hall–Kier alpha value is -1.84. The average Bonchev–Trinajstić information content (AvgIpc) is 2.58. The molecule has 2 heterocycles. The maximum atomic E-state index is 12.7. The topological polar surface area (TPSA) is 46.6 Å². The smallest absolute Gasteiger partial charge is 0.225 e. The number of benzene rings is 1. The lowest BCUT2D eigenvalue weighted by molar-refractivity contribution is -0.139. The molecule has 4 heteroatoms. The number of hydrogen-bond donors (Lipinski definition) is 0. The third kappa shape index (κ3) is 3.31. The number of Topliss-reactive ketones (excluding diaryl/α,β-unsaturated/α-hetero) is 1. The predicted molar refractivity (Wildman–Crippen MR) is 98.1 cm³/mol. The molecule has 0 N–H and O–H groups in total. The highest BCUT2D eigenvalue weighted by molar-refractivity contribution is 6.01. The first-order valence-corrected chi connectivity index (χ1v) is 9.51. The number of nitrogens with zero attached hydrogens (tertiary/aromatic N) is 1. The van der Waals surface area contributed by atoms with Crippen LogP contribution in [0.4, 0.5) is 0 Å². The van der Waals surface area contributed by atoms with E-state index in [1.807, 2.05) is 24.8 Å². The lowest BCUT2D eigenvalue weighted by atomic mass is 9.81. The third-order valence-corrected chi connectivity index (χ3v) is 5.84. The van der Waals surface area contributed by atoms with Crippen LogP contribution in [0.25, 0.3) is 0 Å². The van der Waals surface area contributed by atoms with E-state index in [1.165, 1.54) is 0 Å². The third-order valence-electron chi connectivity index (χ3n) is 5.84. The summed E-state index contributed by atoms with van der Waals surface area (Å²) in [5, 5.41) is 0. The fourth-order valence-corrected chi connectivity index (χ4v) is 4.25. The first-order chi connectivity index (χ1) is 11.9. The molecule has 3 rings (SSSR count). The molecule has 2 aliphatic rings. The molecule has 136 valence electrons. The first kappa shape index (κ1) is 18.0. The monoisotopic (exact) mass is 343 g/mol. The van der Waals surface area contributed by atoms with Gasteiger partial charge in [0.2, 0.25) is 5.91 Å². The molecule has 1 aromatic rings. The van der Waals surface area contributed by atoms with Crippen molar-refractivity contribution in [2.24, 2.45) is 5.92 Å². The SMILES string of the molecule is CCC(CC)C(=O)N1CCC2(CC1)CC(=O)c1cc(C)cc(C)c1O2. The van der Waals surface area contributed by atoms with Gasteiger partial charge in [0, 0.05) is 31.8 Å². The number of amides is 1. The minimum Gasteiger partial charge on any atom is -0.486 e. The number of carbonyl (C=O) groups is 2. The number of aryl methyl sites for hydroxylation is 2. The summed E-state index contributed by atoms with van der Waals surface area (Å²) in [5.41, 5.74) is 2.40. The summed E-state index contributed by atoms with van der Waals surface area (Å²) in [4.78, 5) is 27.3. The molecule has 0 unspecified atom stereocenters. The van der Waals surface area contributed by atoms with E-state index < -0.39 is 5.60 Å². The molecule has 1 saturated heterocycles. The van der Waals surface area contributed by atoms with Crippen molar-refractivity contribution in [2.45, 2.75) is 65.4 Å². The van der Waals surface area contributed by atoms with Crippen LogP contribution >= 0.6 is 0 Å². The average molecular weight is 343 g/mol. The van der Waals surface area contributed by atoms with Crippen LogP contribution in [-0.4, -0.2) is 35.3 Å². The van der Waals surface area contributed by atoms with Crippen molar-refractivity contribution in [3.63, 3.8) is 0 Å². The van der Waals surface area contributed by atoms with Crippen LogP contribution in [0.3, 0.4) is 0 Å². The lowest BCUT2D eigenvalue weighted by Gasteiger charge is -2.45. The van der Waals surface area contributed by atoms with Gasteiger partial charge in [-0.3, -0.25) is 9.59 Å². The minimum absolute atomic E-state index is 0.119. The number of likely N-dealkylation sites (tertiary alicyclic amines) is 1. The van der Waals surface area contributed by atoms with Gasteiger partial charge in [-0.15, -0.1) is 0 Å². The molecule has 1 amide bonds. The van der Waals surface area contributed by atoms with Gasteiger partial charge in [-0.25, -0.2) is 0 Å². The summed E-state index contributed by atoms with van der Waals surface area (Å²) in [7, 11) is 0. The van der Waals surface area contributed by atoms with Crippen LogP contribution in [0.5, 0.6) is 5.75 Å². The van der Waals surface area contributed by atoms with Gasteiger partial charge in [-0.2, -0.15) is 0 Å². The van der Waals surface area contributed by atoms with Crippen molar-refractivity contribution in [2.75, 3.05) is 13.1 Å². The molecule has 1 aromatic carbocycles. The molecule has 1 spiro atoms. The Balaban J connectivity index is 1.76. The zero-order valence-electron chi connectivity index (χ0n) is 15.9. The number of piperidine rings is 1. The molecule has 4 nitrogen and oxygen atoms in total. The van der Waals surface area contributed by atoms with Gasteiger partial charge in [0.1, 0.15) is 11.4 Å². The highest BCUT2D eigenvalue weighted by atomic mass is 16.5. The molecule has 0 saturated carbocycles. The molecule has 0 atom stereocenters. The van der Waals surface area contributed by atoms with E-state index in [1.54, 1.807) is 0 Å². The quantitative estimate of drug-likeness (QED) is 0.831. The summed E-state index contributed by atoms with van der Waals surface area (Å²) in [6, 6.07) is 4.00. The molecule has 0 aromatic heterocycles. The first-order valence-electron chi connectivity index (χ1n) is 9.51. The van der Waals surface area contributed by atoms with Crippen molar-refractivity contribution in [1.29, 1.82) is 0 Å². The molecule has 2 aliphatic heterocycles. The number of fused-ring (bicyclic) bond motifs is 1. The highest BCUT2D eigenvalue weighted by Gasteiger charge is 2.44. The van der Waals surface area contributed by atoms with Crippen LogP contribution in [0.2, 0.25) is 0 Å². The molecule has 0 aliphatic carbocycles. The second-order valence-electron chi connectivity index (χ2n) is 7.68. The second kappa shape index (κ2) is 6.81. The summed E-state index contributed by atoms with van der Waals surface area (Å²) in [5.74, 6) is 1.30. The van der Waals surface area contributed by atoms with Gasteiger partial charge in [-0.1, -0.05) is 19.9 Å². The minimum atomic E-state index is -0.436. The van der Waals surface area contributed by atoms with Crippen LogP contribution in [0.15, 0.2) is 12.1 Å². The van der Waals surface area contributed by atoms with Gasteiger partial charge < -0.3 is 9.64 Å². The van der Waals surface area contributed by atoms with Crippen molar-refractivity contribution in [1.82, 2.24) is 4.90 Å². The van der Waals surface area contributed by atoms with Gasteiger partial charge in [0.25, 0.3) is 0 Å². The number of carbonyl (C=O) groups excluding carboxylic acids is 2. The zero-order chi connectivity index (χ0) is 18.2. The Morgan fingerprint density at radius 1 is 1.20 bits per heavy atom. The Morgan fingerprint density at radius 2 is 1.84 bits per heavy atom. The van der Waals surface area contributed by atoms with Crippen LogP contribution in [0, 0.1) is 19.8 Å². The Kier molecular flexibility index (Phi) is 4.90. The van der Waals surface area contributed by atoms with Crippen molar-refractivity contribution in [3.05, 3.63) is 28.8 Å². The highest BCUT2D eigenvalue weighted by Crippen LogP contribution is 2.41. The Labute approximate surface area is 150 Å². The van der Waals surface area contributed by atoms with Crippen LogP contribution in [0.1, 0.15) is 67.4 Å². The molecule has 0 bridgehead atoms. The van der Waals surface area contributed by atoms with Crippen LogP contribution in [-0.2, 0) is 4.79 Å². The van der Waals surface area contributed by atoms with E-state index in [4.69, 9.17) is 4.74 Å². The summed E-state index contributed by atoms with van der Waals surface area (Å²) < 4.78 is 6.40. The van der Waals surface area contributed by atoms with Crippen molar-refractivity contribution < 1.29 is 14.3 Å². The fourth-order valence-electron chi connectivity index (χ4n) is 4.25. The van der Waals surface area contributed by atoms with E-state index in [2.05, 4.69) is 19.9 Å². The number of ether oxygens (including phenoxy) is 1. The standard InChI is InChI=1S/C21H29NO3/c1-5-16(6-2)20(24)22-9-7-21(8-10-22)13-18(23)17-12-14(3)11-15(4)19(17)25-21/h11-12,16H,5-10,13H2,1-4H3. The van der Waals surface area contributed by atoms with Crippen LogP contribution < -0.4 is 4.74 Å². The van der Waals surface area contributed by atoms with Crippen molar-refractivity contribution >= 4 is 11.7 Å². The van der Waals surface area contributed by atoms with Gasteiger partial charge >= 0.3 is 0 Å². The maximum Gasteiger partial charge on any atom is 0.225 e. The van der Waals surface area contributed by atoms with Gasteiger partial charge in [0.05, 0.1) is 12.0 Å². The number of rotatable bonds is 3. The second-order valence-corrected chi connectivity index (χ2v) is 7.68. The summed E-state index contributed by atoms with van der Waals surface area (Å²) in [6.07, 6.45) is 3.67. The Morgan fingerprint density at radius 3 is 2.44 bits per heavy atom. The van der Waals surface area contributed by atoms with E-state index in [0.717, 1.165) is 48.1 Å². The molecular weight excluding hydrogens is 314 g/mol. The van der Waals surface area contributed by atoms with Gasteiger partial charge in [0.15, 0.2) is 5.78 Å². The molecule has 1 fully saturated rings. The zero-order valence-corrected chi connectivity index (χ0v) is 15.9. The Bertz CT molecular complexity index is 683. The van der Waals surface area contributed by atoms with E-state index >= 15 is 0 Å². The largest absolute Gasteiger partial charge is 0.486 e.